The van der Waals surface area contributed by atoms with Gasteiger partial charge in [-0.25, -0.2) is 4.79 Å². The molecule has 0 saturated carbocycles. The van der Waals surface area contributed by atoms with Gasteiger partial charge in [-0.05, 0) is 37.5 Å². The number of nitrogens with two attached hydrogens (primary N) is 2. The van der Waals surface area contributed by atoms with Crippen LogP contribution < -0.4 is 22.1 Å². The van der Waals surface area contributed by atoms with Gasteiger partial charge >= 0.3 is 5.97 Å². The predicted molar refractivity (Wildman–Crippen MR) is 137 cm³/mol. The average molecular weight is 515 g/mol. The van der Waals surface area contributed by atoms with E-state index in [0.29, 0.717) is 24.2 Å². The van der Waals surface area contributed by atoms with Gasteiger partial charge in [-0.1, -0.05) is 24.6 Å². The van der Waals surface area contributed by atoms with Crippen LogP contribution in [0.4, 0.5) is 0 Å². The summed E-state index contributed by atoms with van der Waals surface area (Å²) in [4.78, 5) is 38.2. The smallest absolute Gasteiger partial charge is 0.329 e. The maximum absolute atomic E-state index is 12.4. The number of guanidine groups is 1. The second-order valence-electron chi connectivity index (χ2n) is 9.08. The molecule has 3 atom stereocenters. The van der Waals surface area contributed by atoms with Gasteiger partial charge in [0.2, 0.25) is 11.8 Å². The zero-order valence-corrected chi connectivity index (χ0v) is 20.9. The molecular formula is C25H34N6O6. The number of carboxylic acids is 1. The Hall–Kier alpha value is -3.90. The van der Waals surface area contributed by atoms with E-state index in [2.05, 4.69) is 10.6 Å². The number of carbonyl (C=O) groups excluding carboxylic acids is 2. The monoisotopic (exact) mass is 514 g/mol. The van der Waals surface area contributed by atoms with E-state index in [1.54, 1.807) is 17.9 Å². The molecular weight excluding hydrogens is 480 g/mol. The van der Waals surface area contributed by atoms with Crippen molar-refractivity contribution < 1.29 is 29.0 Å². The molecule has 200 valence electrons. The summed E-state index contributed by atoms with van der Waals surface area (Å²) >= 11 is 0. The quantitative estimate of drug-likeness (QED) is 0.124. The Balaban J connectivity index is 1.53. The van der Waals surface area contributed by atoms with E-state index in [4.69, 9.17) is 21.3 Å². The maximum Gasteiger partial charge on any atom is 0.329 e. The van der Waals surface area contributed by atoms with Gasteiger partial charge in [-0.2, -0.15) is 0 Å². The summed E-state index contributed by atoms with van der Waals surface area (Å²) in [6.07, 6.45) is 1.13. The van der Waals surface area contributed by atoms with E-state index in [1.165, 1.54) is 0 Å². The lowest BCUT2D eigenvalue weighted by Gasteiger charge is -2.20. The van der Waals surface area contributed by atoms with Crippen LogP contribution in [0.1, 0.15) is 42.8 Å². The van der Waals surface area contributed by atoms with Gasteiger partial charge in [-0.3, -0.25) is 15.0 Å². The number of furan rings is 1. The number of fused-ring (bicyclic) bond motifs is 1. The molecule has 3 rings (SSSR count). The number of aliphatic carboxylic acids is 1. The topological polar surface area (TPSA) is 208 Å². The van der Waals surface area contributed by atoms with Crippen molar-refractivity contribution >= 4 is 34.7 Å². The van der Waals surface area contributed by atoms with Crippen molar-refractivity contribution in [2.75, 3.05) is 19.6 Å². The third-order valence-electron chi connectivity index (χ3n) is 6.42. The Morgan fingerprint density at radius 2 is 2.03 bits per heavy atom. The molecule has 0 aliphatic carbocycles. The van der Waals surface area contributed by atoms with Gasteiger partial charge in [0, 0.05) is 37.0 Å². The summed E-state index contributed by atoms with van der Waals surface area (Å²) in [5, 5.41) is 33.5. The third-order valence-corrected chi connectivity index (χ3v) is 6.42. The molecule has 2 aromatic rings. The highest BCUT2D eigenvalue weighted by molar-refractivity contribution is 5.87. The first-order valence-electron chi connectivity index (χ1n) is 12.0. The summed E-state index contributed by atoms with van der Waals surface area (Å²) in [6.45, 7) is 4.59. The van der Waals surface area contributed by atoms with Crippen LogP contribution in [-0.2, 0) is 20.8 Å². The molecule has 0 saturated heterocycles. The number of carbonyl (C=O) groups is 3. The zero-order chi connectivity index (χ0) is 27.3. The zero-order valence-electron chi connectivity index (χ0n) is 20.9. The number of aryl methyl sites for hydroxylation is 2. The maximum atomic E-state index is 12.4. The van der Waals surface area contributed by atoms with E-state index in [-0.39, 0.29) is 31.1 Å². The lowest BCUT2D eigenvalue weighted by Crippen LogP contribution is -2.46. The Bertz CT molecular complexity index is 1220. The van der Waals surface area contributed by atoms with Crippen molar-refractivity contribution in [3.05, 3.63) is 46.7 Å². The standard InChI is InChI=1S/C25H34N6O6/c1-3-14-4-5-18-16(10-14)13(2)22(37-18)21(33)20(24(35)36)30-19(32)6-8-29-23(34)17(26)11-15-7-9-31(12-15)25(27)28/h4-5,7,10,17,20-21,33H,3,6,8-9,11-12,26H2,1-2H3,(H3,27,28)(H,29,34)(H,30,32)(H,35,36). The van der Waals surface area contributed by atoms with E-state index < -0.39 is 36.0 Å². The van der Waals surface area contributed by atoms with E-state index in [1.807, 2.05) is 25.1 Å². The third kappa shape index (κ3) is 6.66. The fraction of sp³-hybridized carbons (Fsp3) is 0.440. The molecule has 1 aliphatic rings. The Morgan fingerprint density at radius 3 is 2.65 bits per heavy atom. The van der Waals surface area contributed by atoms with Gasteiger partial charge in [0.15, 0.2) is 12.0 Å². The summed E-state index contributed by atoms with van der Waals surface area (Å²) in [5.41, 5.74) is 14.5. The van der Waals surface area contributed by atoms with Gasteiger partial charge < -0.3 is 41.6 Å². The van der Waals surface area contributed by atoms with Crippen molar-refractivity contribution in [3.8, 4) is 0 Å². The van der Waals surface area contributed by atoms with E-state index >= 15 is 0 Å². The first kappa shape index (κ1) is 27.7. The summed E-state index contributed by atoms with van der Waals surface area (Å²) in [7, 11) is 0. The minimum Gasteiger partial charge on any atom is -0.480 e. The number of benzene rings is 1. The van der Waals surface area contributed by atoms with Crippen LogP contribution in [0.25, 0.3) is 11.0 Å². The van der Waals surface area contributed by atoms with Crippen LogP contribution in [-0.4, -0.2) is 70.6 Å². The molecule has 1 aromatic carbocycles. The molecule has 12 heteroatoms. The van der Waals surface area contributed by atoms with Crippen LogP contribution in [0.5, 0.6) is 0 Å². The first-order chi connectivity index (χ1) is 17.5. The molecule has 0 bridgehead atoms. The second-order valence-corrected chi connectivity index (χ2v) is 9.08. The predicted octanol–water partition coefficient (Wildman–Crippen LogP) is 0.266. The van der Waals surface area contributed by atoms with Gasteiger partial charge in [0.1, 0.15) is 17.4 Å². The highest BCUT2D eigenvalue weighted by atomic mass is 16.4. The molecule has 0 spiro atoms. The fourth-order valence-electron chi connectivity index (χ4n) is 4.21. The molecule has 0 fully saturated rings. The number of aliphatic hydroxyl groups is 1. The van der Waals surface area contributed by atoms with Gasteiger partial charge in [0.25, 0.3) is 0 Å². The number of amides is 2. The number of carboxylic acid groups (broad SMARTS) is 1. The number of hydrogen-bond donors (Lipinski definition) is 7. The molecule has 37 heavy (non-hydrogen) atoms. The Kier molecular flexibility index (Phi) is 8.90. The molecule has 12 nitrogen and oxygen atoms in total. The highest BCUT2D eigenvalue weighted by Gasteiger charge is 2.33. The Morgan fingerprint density at radius 1 is 1.30 bits per heavy atom. The molecule has 1 aliphatic heterocycles. The minimum absolute atomic E-state index is 0.0545. The summed E-state index contributed by atoms with van der Waals surface area (Å²) in [5.74, 6) is -2.54. The molecule has 9 N–H and O–H groups in total. The van der Waals surface area contributed by atoms with E-state index in [0.717, 1.165) is 22.9 Å². The number of hydrogen-bond acceptors (Lipinski definition) is 7. The van der Waals surface area contributed by atoms with Crippen LogP contribution in [0, 0.1) is 12.3 Å². The highest BCUT2D eigenvalue weighted by Crippen LogP contribution is 2.32. The Labute approximate surface area is 214 Å². The average Bonchev–Trinajstić information content (AvgIpc) is 3.46. The normalized spacial score (nSPS) is 15.7. The van der Waals surface area contributed by atoms with Crippen LogP contribution in [0.3, 0.4) is 0 Å². The lowest BCUT2D eigenvalue weighted by atomic mass is 10.0. The number of rotatable bonds is 11. The number of nitrogens with zero attached hydrogens (tertiary/aromatic N) is 1. The van der Waals surface area contributed by atoms with Crippen LogP contribution >= 0.6 is 0 Å². The van der Waals surface area contributed by atoms with Gasteiger partial charge in [-0.15, -0.1) is 0 Å². The van der Waals surface area contributed by atoms with E-state index in [9.17, 15) is 24.6 Å². The van der Waals surface area contributed by atoms with Crippen molar-refractivity contribution in [2.45, 2.75) is 51.3 Å². The number of nitrogens with one attached hydrogen (secondary N) is 3. The van der Waals surface area contributed by atoms with Gasteiger partial charge in [0.05, 0.1) is 6.04 Å². The lowest BCUT2D eigenvalue weighted by molar-refractivity contribution is -0.145. The van der Waals surface area contributed by atoms with Crippen molar-refractivity contribution in [1.82, 2.24) is 15.5 Å². The SMILES string of the molecule is CCc1ccc2oc(C(O)C(NC(=O)CCNC(=O)C(N)CC3=CCN(C(=N)N)C3)C(=O)O)c(C)c2c1. The van der Waals surface area contributed by atoms with Crippen molar-refractivity contribution in [1.29, 1.82) is 5.41 Å². The van der Waals surface area contributed by atoms with Crippen LogP contribution in [0.15, 0.2) is 34.3 Å². The molecule has 2 heterocycles. The number of aliphatic hydroxyl groups excluding tert-OH is 1. The molecule has 3 unspecified atom stereocenters. The fourth-order valence-corrected chi connectivity index (χ4v) is 4.21. The summed E-state index contributed by atoms with van der Waals surface area (Å²) < 4.78 is 5.72. The molecule has 1 aromatic heterocycles. The summed E-state index contributed by atoms with van der Waals surface area (Å²) in [6, 6.07) is 3.09. The second kappa shape index (κ2) is 11.9. The van der Waals surface area contributed by atoms with Crippen molar-refractivity contribution in [2.24, 2.45) is 11.5 Å². The first-order valence-corrected chi connectivity index (χ1v) is 12.0. The van der Waals surface area contributed by atoms with Crippen LogP contribution in [0.2, 0.25) is 0 Å². The minimum atomic E-state index is -1.64. The molecule has 0 radical (unpaired) electrons. The largest absolute Gasteiger partial charge is 0.480 e. The van der Waals surface area contributed by atoms with Crippen molar-refractivity contribution in [3.63, 3.8) is 0 Å². The molecule has 2 amide bonds.